The molecule has 2 nitrogen and oxygen atoms in total. The normalized spacial score (nSPS) is 12.2. The Morgan fingerprint density at radius 2 is 1.93 bits per heavy atom. The lowest BCUT2D eigenvalue weighted by molar-refractivity contribution is 0.467. The van der Waals surface area contributed by atoms with Gasteiger partial charge >= 0.3 is 0 Å². The maximum absolute atomic E-state index is 9.63. The molecule has 0 heterocycles. The third-order valence-corrected chi connectivity index (χ3v) is 3.87. The van der Waals surface area contributed by atoms with Crippen LogP contribution in [0.1, 0.15) is 18.4 Å². The molecule has 0 aliphatic carbocycles. The highest BCUT2D eigenvalue weighted by Gasteiger charge is 2.17. The summed E-state index contributed by atoms with van der Waals surface area (Å²) in [7, 11) is 0. The summed E-state index contributed by atoms with van der Waals surface area (Å²) < 4.78 is 1.93. The van der Waals surface area contributed by atoms with Crippen molar-refractivity contribution < 1.29 is 5.11 Å². The smallest absolute Gasteiger partial charge is 0.144 e. The molecule has 0 fully saturated rings. The number of rotatable bonds is 1. The third-order valence-electron chi connectivity index (χ3n) is 1.81. The number of benzene rings is 1. The number of halogens is 3. The lowest BCUT2D eigenvalue weighted by Crippen LogP contribution is -1.94. The van der Waals surface area contributed by atoms with Gasteiger partial charge in [0.2, 0.25) is 0 Å². The van der Waals surface area contributed by atoms with E-state index in [0.29, 0.717) is 8.95 Å². The average molecular weight is 384 g/mol. The Bertz CT molecular complexity index is 411. The predicted molar refractivity (Wildman–Crippen MR) is 65.2 cm³/mol. The molecule has 0 aromatic heterocycles. The average Bonchev–Trinajstić information content (AvgIpc) is 2.14. The van der Waals surface area contributed by atoms with E-state index >= 15 is 0 Å². The molecule has 1 rings (SSSR count). The fraction of sp³-hybridized carbons (Fsp3) is 0.222. The minimum absolute atomic E-state index is 0.116. The van der Waals surface area contributed by atoms with Crippen LogP contribution in [0.25, 0.3) is 0 Å². The number of nitriles is 1. The van der Waals surface area contributed by atoms with Gasteiger partial charge in [0.15, 0.2) is 0 Å². The maximum Gasteiger partial charge on any atom is 0.144 e. The van der Waals surface area contributed by atoms with Crippen LogP contribution >= 0.6 is 47.8 Å². The lowest BCUT2D eigenvalue weighted by atomic mass is 10.0. The van der Waals surface area contributed by atoms with Crippen molar-refractivity contribution in [2.75, 3.05) is 0 Å². The van der Waals surface area contributed by atoms with Gasteiger partial charge in [0.05, 0.1) is 20.9 Å². The highest BCUT2D eigenvalue weighted by Crippen LogP contribution is 2.42. The van der Waals surface area contributed by atoms with E-state index in [1.165, 1.54) is 0 Å². The molecule has 0 bridgehead atoms. The first-order chi connectivity index (χ1) is 6.49. The number of hydrogen-bond acceptors (Lipinski definition) is 2. The van der Waals surface area contributed by atoms with Gasteiger partial charge in [-0.15, -0.1) is 0 Å². The van der Waals surface area contributed by atoms with Crippen molar-refractivity contribution in [3.8, 4) is 11.8 Å². The molecule has 74 valence electrons. The van der Waals surface area contributed by atoms with E-state index in [-0.39, 0.29) is 11.7 Å². The third kappa shape index (κ3) is 2.13. The topological polar surface area (TPSA) is 44.0 Å². The summed E-state index contributed by atoms with van der Waals surface area (Å²) >= 11 is 9.82. The Morgan fingerprint density at radius 3 is 2.43 bits per heavy atom. The summed E-state index contributed by atoms with van der Waals surface area (Å²) in [6.07, 6.45) is 0. The molecule has 1 N–H and O–H groups in total. The van der Waals surface area contributed by atoms with Gasteiger partial charge in [-0.3, -0.25) is 0 Å². The van der Waals surface area contributed by atoms with Gasteiger partial charge in [-0.05, 0) is 44.8 Å². The van der Waals surface area contributed by atoms with Gasteiger partial charge in [-0.25, -0.2) is 0 Å². The zero-order valence-electron chi connectivity index (χ0n) is 7.18. The van der Waals surface area contributed by atoms with E-state index in [4.69, 9.17) is 5.26 Å². The van der Waals surface area contributed by atoms with Crippen molar-refractivity contribution in [3.63, 3.8) is 0 Å². The van der Waals surface area contributed by atoms with E-state index < -0.39 is 0 Å². The number of phenols is 1. The number of phenolic OH excluding ortho intramolecular Hbond substituents is 1. The summed E-state index contributed by atoms with van der Waals surface area (Å²) in [6.45, 7) is 1.78. The molecule has 1 unspecified atom stereocenters. The van der Waals surface area contributed by atoms with Crippen molar-refractivity contribution in [2.45, 2.75) is 12.8 Å². The van der Waals surface area contributed by atoms with Crippen molar-refractivity contribution in [1.82, 2.24) is 0 Å². The van der Waals surface area contributed by atoms with E-state index in [2.05, 4.69) is 53.9 Å². The van der Waals surface area contributed by atoms with E-state index in [9.17, 15) is 5.11 Å². The molecule has 0 saturated heterocycles. The molecule has 0 aliphatic rings. The zero-order chi connectivity index (χ0) is 10.9. The molecule has 0 radical (unpaired) electrons. The zero-order valence-corrected chi connectivity index (χ0v) is 11.9. The molecule has 0 spiro atoms. The van der Waals surface area contributed by atoms with Gasteiger partial charge in [-0.2, -0.15) is 5.26 Å². The summed E-state index contributed by atoms with van der Waals surface area (Å²) in [5.41, 5.74) is 0.758. The monoisotopic (exact) mass is 381 g/mol. The fourth-order valence-electron chi connectivity index (χ4n) is 1.06. The fourth-order valence-corrected chi connectivity index (χ4v) is 3.86. The van der Waals surface area contributed by atoms with Gasteiger partial charge in [-0.1, -0.05) is 15.9 Å². The molecule has 0 saturated carbocycles. The quantitative estimate of drug-likeness (QED) is 0.785. The van der Waals surface area contributed by atoms with Crippen LogP contribution in [0.3, 0.4) is 0 Å². The summed E-state index contributed by atoms with van der Waals surface area (Å²) in [6, 6.07) is 3.85. The van der Waals surface area contributed by atoms with Crippen LogP contribution in [-0.4, -0.2) is 5.11 Å². The highest BCUT2D eigenvalue weighted by molar-refractivity contribution is 9.11. The van der Waals surface area contributed by atoms with Gasteiger partial charge < -0.3 is 5.11 Å². The first kappa shape index (κ1) is 12.0. The number of nitrogens with zero attached hydrogens (tertiary/aromatic N) is 1. The molecule has 14 heavy (non-hydrogen) atoms. The van der Waals surface area contributed by atoms with Crippen molar-refractivity contribution >= 4 is 47.8 Å². The molecular weight excluding hydrogens is 378 g/mol. The Balaban J connectivity index is 3.45. The maximum atomic E-state index is 9.63. The minimum Gasteiger partial charge on any atom is -0.506 e. The van der Waals surface area contributed by atoms with Crippen LogP contribution in [0.4, 0.5) is 0 Å². The van der Waals surface area contributed by atoms with Crippen LogP contribution in [0.15, 0.2) is 19.5 Å². The number of aromatic hydroxyl groups is 1. The van der Waals surface area contributed by atoms with Crippen molar-refractivity contribution in [2.24, 2.45) is 0 Å². The van der Waals surface area contributed by atoms with Crippen LogP contribution in [0, 0.1) is 11.3 Å². The lowest BCUT2D eigenvalue weighted by Gasteiger charge is -2.11. The predicted octanol–water partition coefficient (Wildman–Crippen LogP) is 4.31. The van der Waals surface area contributed by atoms with Gasteiger partial charge in [0, 0.05) is 10.0 Å². The molecular formula is C9H6Br3NO. The SMILES string of the molecule is CC(C#N)c1c(Br)cc(Br)c(O)c1Br. The molecule has 1 atom stereocenters. The van der Waals surface area contributed by atoms with Crippen molar-refractivity contribution in [1.29, 1.82) is 5.26 Å². The molecule has 1 aromatic carbocycles. The van der Waals surface area contributed by atoms with Gasteiger partial charge in [0.1, 0.15) is 5.75 Å². The molecule has 1 aromatic rings. The molecule has 5 heteroatoms. The van der Waals surface area contributed by atoms with E-state index in [0.717, 1.165) is 10.0 Å². The molecule has 0 amide bonds. The summed E-state index contributed by atoms with van der Waals surface area (Å²) in [5, 5.41) is 18.4. The first-order valence-corrected chi connectivity index (χ1v) is 6.13. The second-order valence-corrected chi connectivity index (χ2v) is 5.27. The van der Waals surface area contributed by atoms with Crippen molar-refractivity contribution in [3.05, 3.63) is 25.0 Å². The minimum atomic E-state index is -0.280. The first-order valence-electron chi connectivity index (χ1n) is 3.75. The van der Waals surface area contributed by atoms with Gasteiger partial charge in [0.25, 0.3) is 0 Å². The Hall–Kier alpha value is -0.0500. The number of hydrogen-bond donors (Lipinski definition) is 1. The standard InChI is InChI=1S/C9H6Br3NO/c1-4(3-13)7-5(10)2-6(11)9(14)8(7)12/h2,4,14H,1H3. The largest absolute Gasteiger partial charge is 0.506 e. The van der Waals surface area contributed by atoms with Crippen LogP contribution < -0.4 is 0 Å². The highest BCUT2D eigenvalue weighted by atomic mass is 79.9. The second-order valence-electron chi connectivity index (χ2n) is 2.77. The van der Waals surface area contributed by atoms with E-state index in [1.807, 2.05) is 0 Å². The molecule has 0 aliphatic heterocycles. The Kier molecular flexibility index (Phi) is 3.99. The second kappa shape index (κ2) is 4.65. The van der Waals surface area contributed by atoms with Crippen LogP contribution in [-0.2, 0) is 0 Å². The van der Waals surface area contributed by atoms with E-state index in [1.54, 1.807) is 13.0 Å². The van der Waals surface area contributed by atoms with Crippen LogP contribution in [0.2, 0.25) is 0 Å². The summed E-state index contributed by atoms with van der Waals surface area (Å²) in [4.78, 5) is 0. The Labute approximate surface area is 107 Å². The summed E-state index contributed by atoms with van der Waals surface area (Å²) in [5.74, 6) is -0.164. The Morgan fingerprint density at radius 1 is 1.36 bits per heavy atom. The van der Waals surface area contributed by atoms with Crippen LogP contribution in [0.5, 0.6) is 5.75 Å².